The van der Waals surface area contributed by atoms with E-state index < -0.39 is 0 Å². The van der Waals surface area contributed by atoms with Gasteiger partial charge in [0.2, 0.25) is 0 Å². The summed E-state index contributed by atoms with van der Waals surface area (Å²) < 4.78 is 0. The van der Waals surface area contributed by atoms with Crippen molar-refractivity contribution in [1.29, 1.82) is 0 Å². The van der Waals surface area contributed by atoms with Crippen LogP contribution < -0.4 is 0 Å². The first-order valence-electron chi connectivity index (χ1n) is 6.24. The number of rotatable bonds is 2. The molecule has 1 aromatic heterocycles. The van der Waals surface area contributed by atoms with Crippen molar-refractivity contribution in [2.75, 3.05) is 0 Å². The lowest BCUT2D eigenvalue weighted by Gasteiger charge is -1.95. The molecule has 0 aliphatic heterocycles. The Balaban J connectivity index is 2.02. The largest absolute Gasteiger partial charge is 0.494 e. The maximum Gasteiger partial charge on any atom is 0.198 e. The van der Waals surface area contributed by atoms with Gasteiger partial charge in [0.1, 0.15) is 0 Å². The van der Waals surface area contributed by atoms with Gasteiger partial charge >= 0.3 is 0 Å². The van der Waals surface area contributed by atoms with Crippen molar-refractivity contribution in [3.8, 4) is 5.88 Å². The summed E-state index contributed by atoms with van der Waals surface area (Å²) >= 11 is 5.83. The molecule has 2 N–H and O–H groups in total. The van der Waals surface area contributed by atoms with Crippen LogP contribution in [0.3, 0.4) is 0 Å². The second-order valence-electron chi connectivity index (χ2n) is 4.67. The van der Waals surface area contributed by atoms with Crippen LogP contribution in [-0.2, 0) is 0 Å². The molecule has 0 amide bonds. The molecule has 0 radical (unpaired) electrons. The molecule has 100 valence electrons. The third-order valence-electron chi connectivity index (χ3n) is 3.14. The summed E-state index contributed by atoms with van der Waals surface area (Å²) in [6, 6.07) is 13.2. The number of benzene rings is 2. The lowest BCUT2D eigenvalue weighted by atomic mass is 10.1. The summed E-state index contributed by atoms with van der Waals surface area (Å²) in [5.74, 6) is 0.128. The van der Waals surface area contributed by atoms with E-state index in [0.717, 1.165) is 22.2 Å². The fourth-order valence-electron chi connectivity index (χ4n) is 2.12. The minimum absolute atomic E-state index is 0.128. The van der Waals surface area contributed by atoms with Gasteiger partial charge in [0.05, 0.1) is 11.3 Å². The van der Waals surface area contributed by atoms with Gasteiger partial charge < -0.3 is 10.1 Å². The van der Waals surface area contributed by atoms with Gasteiger partial charge in [0.25, 0.3) is 0 Å². The number of hydrogen-bond acceptors (Lipinski definition) is 2. The minimum atomic E-state index is 0.128. The first kappa shape index (κ1) is 12.8. The van der Waals surface area contributed by atoms with Gasteiger partial charge in [-0.1, -0.05) is 23.7 Å². The molecule has 2 aromatic carbocycles. The number of aryl methyl sites for hydroxylation is 1. The Morgan fingerprint density at radius 2 is 1.90 bits per heavy atom. The summed E-state index contributed by atoms with van der Waals surface area (Å²) in [7, 11) is 0. The number of aromatic amines is 1. The van der Waals surface area contributed by atoms with Crippen molar-refractivity contribution in [2.45, 2.75) is 6.92 Å². The maximum atomic E-state index is 9.98. The smallest absolute Gasteiger partial charge is 0.198 e. The Labute approximate surface area is 121 Å². The Morgan fingerprint density at radius 1 is 1.15 bits per heavy atom. The van der Waals surface area contributed by atoms with Crippen LogP contribution in [0.4, 0.5) is 5.69 Å². The molecule has 4 heteroatoms. The number of aromatic hydroxyl groups is 1. The van der Waals surface area contributed by atoms with E-state index in [0.29, 0.717) is 10.6 Å². The van der Waals surface area contributed by atoms with Gasteiger partial charge in [0.15, 0.2) is 5.88 Å². The highest BCUT2D eigenvalue weighted by Gasteiger charge is 2.08. The molecule has 0 bridgehead atoms. The third-order valence-corrected chi connectivity index (χ3v) is 3.39. The first-order chi connectivity index (χ1) is 9.63. The molecule has 3 rings (SSSR count). The van der Waals surface area contributed by atoms with Gasteiger partial charge in [0, 0.05) is 22.1 Å². The average Bonchev–Trinajstić information content (AvgIpc) is 2.73. The van der Waals surface area contributed by atoms with Crippen LogP contribution >= 0.6 is 11.6 Å². The number of fused-ring (bicyclic) bond motifs is 1. The van der Waals surface area contributed by atoms with Crippen LogP contribution in [0.15, 0.2) is 47.5 Å². The number of hydrogen-bond donors (Lipinski definition) is 2. The lowest BCUT2D eigenvalue weighted by molar-refractivity contribution is 0.457. The zero-order valence-corrected chi connectivity index (χ0v) is 11.6. The molecule has 0 saturated carbocycles. The predicted octanol–water partition coefficient (Wildman–Crippen LogP) is 4.59. The maximum absolute atomic E-state index is 9.98. The normalized spacial score (nSPS) is 11.5. The number of halogens is 1. The standard InChI is InChI=1S/C16H13ClN2O/c1-10-2-7-13-14(16(20)19-15(13)8-10)9-18-12-5-3-11(17)4-6-12/h2-9,19-20H,1H3. The summed E-state index contributed by atoms with van der Waals surface area (Å²) in [5, 5.41) is 11.6. The topological polar surface area (TPSA) is 48.4 Å². The van der Waals surface area contributed by atoms with Crippen LogP contribution in [0.2, 0.25) is 5.02 Å². The highest BCUT2D eigenvalue weighted by atomic mass is 35.5. The minimum Gasteiger partial charge on any atom is -0.494 e. The Bertz CT molecular complexity index is 788. The van der Waals surface area contributed by atoms with Crippen molar-refractivity contribution in [1.82, 2.24) is 4.98 Å². The third kappa shape index (κ3) is 2.40. The SMILES string of the molecule is Cc1ccc2c(C=Nc3ccc(Cl)cc3)c(O)[nH]c2c1. The van der Waals surface area contributed by atoms with Crippen molar-refractivity contribution in [2.24, 2.45) is 4.99 Å². The van der Waals surface area contributed by atoms with Crippen LogP contribution in [0.5, 0.6) is 5.88 Å². The Kier molecular flexibility index (Phi) is 3.20. The summed E-state index contributed by atoms with van der Waals surface area (Å²) in [6.07, 6.45) is 1.66. The van der Waals surface area contributed by atoms with E-state index in [2.05, 4.69) is 9.98 Å². The molecule has 1 heterocycles. The van der Waals surface area contributed by atoms with Gasteiger partial charge in [-0.05, 0) is 42.8 Å². The van der Waals surface area contributed by atoms with Gasteiger partial charge in [-0.25, -0.2) is 0 Å². The lowest BCUT2D eigenvalue weighted by Crippen LogP contribution is -1.79. The van der Waals surface area contributed by atoms with Crippen molar-refractivity contribution >= 4 is 34.4 Å². The molecule has 3 aromatic rings. The molecule has 0 saturated heterocycles. The van der Waals surface area contributed by atoms with Gasteiger partial charge in [-0.2, -0.15) is 0 Å². The van der Waals surface area contributed by atoms with Crippen LogP contribution in [0, 0.1) is 6.92 Å². The van der Waals surface area contributed by atoms with E-state index in [1.807, 2.05) is 37.3 Å². The van der Waals surface area contributed by atoms with E-state index in [4.69, 9.17) is 11.6 Å². The Morgan fingerprint density at radius 3 is 2.65 bits per heavy atom. The number of aromatic nitrogens is 1. The summed E-state index contributed by atoms with van der Waals surface area (Å²) in [6.45, 7) is 2.01. The van der Waals surface area contributed by atoms with Crippen LogP contribution in [0.25, 0.3) is 10.9 Å². The van der Waals surface area contributed by atoms with Crippen molar-refractivity contribution < 1.29 is 5.11 Å². The van der Waals surface area contributed by atoms with Crippen molar-refractivity contribution in [3.05, 3.63) is 58.6 Å². The van der Waals surface area contributed by atoms with E-state index in [1.165, 1.54) is 0 Å². The molecular formula is C16H13ClN2O. The number of H-pyrrole nitrogens is 1. The molecule has 3 nitrogen and oxygen atoms in total. The quantitative estimate of drug-likeness (QED) is 0.665. The molecule has 0 unspecified atom stereocenters. The average molecular weight is 285 g/mol. The summed E-state index contributed by atoms with van der Waals surface area (Å²) in [5.41, 5.74) is 3.52. The highest BCUT2D eigenvalue weighted by molar-refractivity contribution is 6.30. The fourth-order valence-corrected chi connectivity index (χ4v) is 2.24. The summed E-state index contributed by atoms with van der Waals surface area (Å²) in [4.78, 5) is 7.32. The van der Waals surface area contributed by atoms with E-state index in [9.17, 15) is 5.11 Å². The van der Waals surface area contributed by atoms with Crippen LogP contribution in [-0.4, -0.2) is 16.3 Å². The number of aliphatic imine (C=N–C) groups is 1. The molecule has 0 fully saturated rings. The van der Waals surface area contributed by atoms with E-state index in [1.54, 1.807) is 18.3 Å². The number of nitrogens with zero attached hydrogens (tertiary/aromatic N) is 1. The molecule has 20 heavy (non-hydrogen) atoms. The molecule has 0 aliphatic carbocycles. The van der Waals surface area contributed by atoms with Gasteiger partial charge in [-0.3, -0.25) is 4.99 Å². The molecular weight excluding hydrogens is 272 g/mol. The monoisotopic (exact) mass is 284 g/mol. The zero-order valence-electron chi connectivity index (χ0n) is 10.9. The van der Waals surface area contributed by atoms with Gasteiger partial charge in [-0.15, -0.1) is 0 Å². The zero-order chi connectivity index (χ0) is 14.1. The number of nitrogens with one attached hydrogen (secondary N) is 1. The Hall–Kier alpha value is -2.26. The fraction of sp³-hybridized carbons (Fsp3) is 0.0625. The van der Waals surface area contributed by atoms with E-state index in [-0.39, 0.29) is 5.88 Å². The molecule has 0 aliphatic rings. The predicted molar refractivity (Wildman–Crippen MR) is 83.4 cm³/mol. The molecule has 0 atom stereocenters. The van der Waals surface area contributed by atoms with E-state index >= 15 is 0 Å². The highest BCUT2D eigenvalue weighted by Crippen LogP contribution is 2.27. The molecule has 0 spiro atoms. The van der Waals surface area contributed by atoms with Crippen molar-refractivity contribution in [3.63, 3.8) is 0 Å². The second-order valence-corrected chi connectivity index (χ2v) is 5.11. The first-order valence-corrected chi connectivity index (χ1v) is 6.62. The van der Waals surface area contributed by atoms with Crippen LogP contribution in [0.1, 0.15) is 11.1 Å². The second kappa shape index (κ2) is 5.02.